The molecular formula is C12H21N3O4S2. The lowest BCUT2D eigenvalue weighted by molar-refractivity contribution is 0.563. The molecule has 0 aromatic heterocycles. The van der Waals surface area contributed by atoms with Crippen molar-refractivity contribution in [2.75, 3.05) is 18.8 Å². The first-order valence-electron chi connectivity index (χ1n) is 6.49. The van der Waals surface area contributed by atoms with E-state index in [2.05, 4.69) is 10.0 Å². The second kappa shape index (κ2) is 7.32. The lowest BCUT2D eigenvalue weighted by Gasteiger charge is -2.14. The third-order valence-corrected chi connectivity index (χ3v) is 5.29. The summed E-state index contributed by atoms with van der Waals surface area (Å²) in [6, 6.07) is 6.06. The first-order valence-corrected chi connectivity index (χ1v) is 9.69. The molecule has 9 heteroatoms. The van der Waals surface area contributed by atoms with Crippen LogP contribution < -0.4 is 15.2 Å². The third kappa shape index (κ3) is 6.10. The van der Waals surface area contributed by atoms with Gasteiger partial charge in [0.2, 0.25) is 20.0 Å². The number of hydrogen-bond acceptors (Lipinski definition) is 5. The highest BCUT2D eigenvalue weighted by atomic mass is 32.2. The molecular weight excluding hydrogens is 314 g/mol. The SMILES string of the molecule is CCNS(=O)(=O)CCNC(C)c1ccc(S(N)(=O)=O)cc1. The second-order valence-electron chi connectivity index (χ2n) is 4.61. The molecule has 1 rings (SSSR count). The van der Waals surface area contributed by atoms with Crippen molar-refractivity contribution >= 4 is 20.0 Å². The Morgan fingerprint density at radius 1 is 1.14 bits per heavy atom. The van der Waals surface area contributed by atoms with Crippen LogP contribution in [0.4, 0.5) is 0 Å². The van der Waals surface area contributed by atoms with Crippen LogP contribution in [-0.4, -0.2) is 35.7 Å². The molecule has 0 spiro atoms. The first-order chi connectivity index (χ1) is 9.65. The highest BCUT2D eigenvalue weighted by Gasteiger charge is 2.12. The minimum absolute atomic E-state index is 0.0134. The van der Waals surface area contributed by atoms with Gasteiger partial charge in [0.25, 0.3) is 0 Å². The average Bonchev–Trinajstić information content (AvgIpc) is 2.37. The van der Waals surface area contributed by atoms with Gasteiger partial charge in [0.05, 0.1) is 10.6 Å². The summed E-state index contributed by atoms with van der Waals surface area (Å²) in [6.45, 7) is 4.26. The molecule has 0 saturated carbocycles. The Labute approximate surface area is 126 Å². The summed E-state index contributed by atoms with van der Waals surface area (Å²) < 4.78 is 47.6. The largest absolute Gasteiger partial charge is 0.309 e. The van der Waals surface area contributed by atoms with Crippen LogP contribution in [0.5, 0.6) is 0 Å². The molecule has 1 unspecified atom stereocenters. The van der Waals surface area contributed by atoms with Crippen LogP contribution in [-0.2, 0) is 20.0 Å². The smallest absolute Gasteiger partial charge is 0.238 e. The predicted octanol–water partition coefficient (Wildman–Crippen LogP) is -0.0761. The molecule has 120 valence electrons. The first kappa shape index (κ1) is 18.1. The molecule has 0 fully saturated rings. The Bertz CT molecular complexity index is 654. The van der Waals surface area contributed by atoms with Crippen LogP contribution in [0.2, 0.25) is 0 Å². The minimum Gasteiger partial charge on any atom is -0.309 e. The van der Waals surface area contributed by atoms with Crippen molar-refractivity contribution in [1.29, 1.82) is 0 Å². The van der Waals surface area contributed by atoms with Gasteiger partial charge in [-0.3, -0.25) is 0 Å². The Morgan fingerprint density at radius 2 is 1.71 bits per heavy atom. The maximum absolute atomic E-state index is 11.5. The molecule has 0 aliphatic carbocycles. The van der Waals surface area contributed by atoms with Gasteiger partial charge in [0.15, 0.2) is 0 Å². The standard InChI is InChI=1S/C12H21N3O4S2/c1-3-15-20(16,17)9-8-14-10(2)11-4-6-12(7-5-11)21(13,18)19/h4-7,10,14-15H,3,8-9H2,1-2H3,(H2,13,18,19). The molecule has 0 saturated heterocycles. The molecule has 0 radical (unpaired) electrons. The van der Waals surface area contributed by atoms with Crippen LogP contribution >= 0.6 is 0 Å². The minimum atomic E-state index is -3.70. The van der Waals surface area contributed by atoms with Gasteiger partial charge in [0.1, 0.15) is 0 Å². The van der Waals surface area contributed by atoms with Gasteiger partial charge in [-0.15, -0.1) is 0 Å². The van der Waals surface area contributed by atoms with Gasteiger partial charge in [-0.2, -0.15) is 0 Å². The zero-order valence-electron chi connectivity index (χ0n) is 12.0. The molecule has 1 aromatic carbocycles. The summed E-state index contributed by atoms with van der Waals surface area (Å²) in [5.74, 6) is -0.0134. The Kier molecular flexibility index (Phi) is 6.29. The van der Waals surface area contributed by atoms with Gasteiger partial charge >= 0.3 is 0 Å². The fourth-order valence-electron chi connectivity index (χ4n) is 1.77. The monoisotopic (exact) mass is 335 g/mol. The van der Waals surface area contributed by atoms with E-state index in [0.717, 1.165) is 5.56 Å². The summed E-state index contributed by atoms with van der Waals surface area (Å²) in [5, 5.41) is 8.09. The van der Waals surface area contributed by atoms with E-state index >= 15 is 0 Å². The van der Waals surface area contributed by atoms with Gasteiger partial charge in [0, 0.05) is 19.1 Å². The van der Waals surface area contributed by atoms with Gasteiger partial charge in [-0.1, -0.05) is 19.1 Å². The van der Waals surface area contributed by atoms with Gasteiger partial charge < -0.3 is 5.32 Å². The average molecular weight is 335 g/mol. The number of rotatable bonds is 8. The quantitative estimate of drug-likeness (QED) is 0.614. The lowest BCUT2D eigenvalue weighted by Crippen LogP contribution is -2.32. The predicted molar refractivity (Wildman–Crippen MR) is 81.7 cm³/mol. The molecule has 7 nitrogen and oxygen atoms in total. The van der Waals surface area contributed by atoms with Crippen LogP contribution in [0.3, 0.4) is 0 Å². The Balaban J connectivity index is 2.59. The summed E-state index contributed by atoms with van der Waals surface area (Å²) in [6.07, 6.45) is 0. The Hall–Kier alpha value is -1.00. The maximum atomic E-state index is 11.5. The summed E-state index contributed by atoms with van der Waals surface area (Å²) in [7, 11) is -6.94. The second-order valence-corrected chi connectivity index (χ2v) is 8.09. The highest BCUT2D eigenvalue weighted by Crippen LogP contribution is 2.15. The number of benzene rings is 1. The molecule has 1 aromatic rings. The number of primary sulfonamides is 1. The molecule has 4 N–H and O–H groups in total. The number of hydrogen-bond donors (Lipinski definition) is 3. The van der Waals surface area contributed by atoms with Crippen molar-refractivity contribution in [3.05, 3.63) is 29.8 Å². The molecule has 0 bridgehead atoms. The number of nitrogens with two attached hydrogens (primary N) is 1. The molecule has 1 atom stereocenters. The van der Waals surface area contributed by atoms with E-state index in [4.69, 9.17) is 5.14 Å². The molecule has 21 heavy (non-hydrogen) atoms. The van der Waals surface area contributed by atoms with E-state index in [1.54, 1.807) is 19.1 Å². The topological polar surface area (TPSA) is 118 Å². The van der Waals surface area contributed by atoms with E-state index in [1.165, 1.54) is 12.1 Å². The molecule has 0 aliphatic rings. The van der Waals surface area contributed by atoms with Crippen molar-refractivity contribution in [2.45, 2.75) is 24.8 Å². The molecule has 0 aliphatic heterocycles. The van der Waals surface area contributed by atoms with Crippen LogP contribution in [0.1, 0.15) is 25.5 Å². The highest BCUT2D eigenvalue weighted by molar-refractivity contribution is 7.89. The number of sulfonamides is 2. The molecule has 0 amide bonds. The van der Waals surface area contributed by atoms with E-state index in [-0.39, 0.29) is 16.7 Å². The van der Waals surface area contributed by atoms with Crippen LogP contribution in [0, 0.1) is 0 Å². The van der Waals surface area contributed by atoms with Gasteiger partial charge in [-0.05, 0) is 24.6 Å². The van der Waals surface area contributed by atoms with Gasteiger partial charge in [-0.25, -0.2) is 26.7 Å². The normalized spacial score (nSPS) is 14.0. The fourth-order valence-corrected chi connectivity index (χ4v) is 3.25. The van der Waals surface area contributed by atoms with Crippen molar-refractivity contribution in [1.82, 2.24) is 10.0 Å². The molecule has 0 heterocycles. The summed E-state index contributed by atoms with van der Waals surface area (Å²) in [4.78, 5) is 0.0492. The van der Waals surface area contributed by atoms with E-state index in [1.807, 2.05) is 6.92 Å². The summed E-state index contributed by atoms with van der Waals surface area (Å²) >= 11 is 0. The van der Waals surface area contributed by atoms with Crippen LogP contribution in [0.25, 0.3) is 0 Å². The van der Waals surface area contributed by atoms with E-state index in [9.17, 15) is 16.8 Å². The summed E-state index contributed by atoms with van der Waals surface area (Å²) in [5.41, 5.74) is 0.850. The maximum Gasteiger partial charge on any atom is 0.238 e. The van der Waals surface area contributed by atoms with Crippen molar-refractivity contribution < 1.29 is 16.8 Å². The van der Waals surface area contributed by atoms with E-state index < -0.39 is 20.0 Å². The van der Waals surface area contributed by atoms with Crippen molar-refractivity contribution in [3.8, 4) is 0 Å². The van der Waals surface area contributed by atoms with Crippen molar-refractivity contribution in [3.63, 3.8) is 0 Å². The van der Waals surface area contributed by atoms with Crippen LogP contribution in [0.15, 0.2) is 29.2 Å². The Morgan fingerprint density at radius 3 is 2.19 bits per heavy atom. The lowest BCUT2D eigenvalue weighted by atomic mass is 10.1. The van der Waals surface area contributed by atoms with E-state index in [0.29, 0.717) is 13.1 Å². The number of nitrogens with one attached hydrogen (secondary N) is 2. The zero-order chi connectivity index (χ0) is 16.1. The third-order valence-electron chi connectivity index (χ3n) is 2.89. The zero-order valence-corrected chi connectivity index (χ0v) is 13.7. The fraction of sp³-hybridized carbons (Fsp3) is 0.500. The van der Waals surface area contributed by atoms with Crippen molar-refractivity contribution in [2.24, 2.45) is 5.14 Å².